The fourth-order valence-corrected chi connectivity index (χ4v) is 6.12. The molecule has 0 aliphatic rings. The summed E-state index contributed by atoms with van der Waals surface area (Å²) >= 11 is 10.2. The smallest absolute Gasteiger partial charge is 0.331 e. The number of nitrogens with one attached hydrogen (secondary N) is 1. The third-order valence-electron chi connectivity index (χ3n) is 3.71. The Balaban J connectivity index is 0.000000340. The molecule has 34 heavy (non-hydrogen) atoms. The molecule has 12 nitrogen and oxygen atoms in total. The number of thioether (sulfide) groups is 1. The molecule has 3 unspecified atom stereocenters. The van der Waals surface area contributed by atoms with Crippen LogP contribution in [0.4, 0.5) is 0 Å². The molecule has 0 spiro atoms. The van der Waals surface area contributed by atoms with Crippen LogP contribution in [-0.2, 0) is 14.4 Å². The minimum absolute atomic E-state index is 0.160. The summed E-state index contributed by atoms with van der Waals surface area (Å²) in [5.74, 6) is -1.94. The maximum absolute atomic E-state index is 10.9. The van der Waals surface area contributed by atoms with E-state index in [4.69, 9.17) is 10.2 Å². The van der Waals surface area contributed by atoms with Crippen LogP contribution in [-0.4, -0.2) is 56.2 Å². The van der Waals surface area contributed by atoms with Gasteiger partial charge in [0.25, 0.3) is 6.04 Å². The van der Waals surface area contributed by atoms with Gasteiger partial charge >= 0.3 is 11.9 Å². The second kappa shape index (κ2) is 15.4. The van der Waals surface area contributed by atoms with E-state index in [0.29, 0.717) is 9.75 Å². The number of aliphatic carboxylic acids is 2. The summed E-state index contributed by atoms with van der Waals surface area (Å²) in [7, 11) is 0. The van der Waals surface area contributed by atoms with Gasteiger partial charge in [0, 0.05) is 34.4 Å². The molecule has 0 bridgehead atoms. The van der Waals surface area contributed by atoms with Crippen LogP contribution in [0, 0.1) is 20.2 Å². The Morgan fingerprint density at radius 1 is 1.15 bits per heavy atom. The van der Waals surface area contributed by atoms with Crippen molar-refractivity contribution in [2.24, 2.45) is 0 Å². The van der Waals surface area contributed by atoms with E-state index in [1.165, 1.54) is 29.6 Å². The zero-order valence-electron chi connectivity index (χ0n) is 17.3. The molecule has 3 atom stereocenters. The fraction of sp³-hybridized carbons (Fsp3) is 0.412. The molecule has 188 valence electrons. The molecule has 2 aromatic heterocycles. The minimum atomic E-state index is -1.15. The van der Waals surface area contributed by atoms with Crippen molar-refractivity contribution < 1.29 is 34.5 Å². The molecule has 2 rings (SSSR count). The van der Waals surface area contributed by atoms with E-state index in [2.05, 4.69) is 42.2 Å². The Morgan fingerprint density at radius 2 is 1.71 bits per heavy atom. The van der Waals surface area contributed by atoms with E-state index < -0.39 is 40.8 Å². The molecular formula is C17H19Br2N3O9S3. The topological polar surface area (TPSA) is 182 Å². The van der Waals surface area contributed by atoms with Gasteiger partial charge in [-0.1, -0.05) is 0 Å². The summed E-state index contributed by atoms with van der Waals surface area (Å²) in [6.45, 7) is 0.585. The van der Waals surface area contributed by atoms with Gasteiger partial charge in [0.05, 0.1) is 15.9 Å². The molecule has 0 amide bonds. The fourth-order valence-electron chi connectivity index (χ4n) is 2.11. The largest absolute Gasteiger partial charge is 0.480 e. The van der Waals surface area contributed by atoms with Gasteiger partial charge in [0.15, 0.2) is 6.61 Å². The quantitative estimate of drug-likeness (QED) is 0.203. The first-order valence-electron chi connectivity index (χ1n) is 9.07. The maximum atomic E-state index is 10.9. The summed E-state index contributed by atoms with van der Waals surface area (Å²) in [5, 5.41) is 41.4. The van der Waals surface area contributed by atoms with Crippen LogP contribution in [0.1, 0.15) is 28.8 Å². The summed E-state index contributed by atoms with van der Waals surface area (Å²) in [4.78, 5) is 47.4. The maximum Gasteiger partial charge on any atom is 0.331 e. The van der Waals surface area contributed by atoms with Crippen LogP contribution in [0.3, 0.4) is 0 Å². The highest BCUT2D eigenvalue weighted by Crippen LogP contribution is 2.31. The first-order valence-corrected chi connectivity index (χ1v) is 13.5. The zero-order chi connectivity index (χ0) is 25.8. The van der Waals surface area contributed by atoms with Crippen molar-refractivity contribution in [3.8, 4) is 0 Å². The molecule has 0 aliphatic heterocycles. The lowest BCUT2D eigenvalue weighted by Gasteiger charge is -2.11. The lowest BCUT2D eigenvalue weighted by Crippen LogP contribution is -2.29. The van der Waals surface area contributed by atoms with Crippen LogP contribution >= 0.6 is 66.3 Å². The van der Waals surface area contributed by atoms with Gasteiger partial charge in [-0.05, 0) is 50.9 Å². The number of hydroxylamine groups is 1. The van der Waals surface area contributed by atoms with E-state index in [1.54, 1.807) is 22.9 Å². The van der Waals surface area contributed by atoms with Gasteiger partial charge in [-0.15, -0.1) is 34.4 Å². The normalized spacial score (nSPS) is 13.3. The van der Waals surface area contributed by atoms with Crippen molar-refractivity contribution in [1.82, 2.24) is 5.48 Å². The second-order valence-corrected chi connectivity index (χ2v) is 11.4. The van der Waals surface area contributed by atoms with Gasteiger partial charge in [-0.25, -0.2) is 4.79 Å². The highest BCUT2D eigenvalue weighted by Gasteiger charge is 2.27. The van der Waals surface area contributed by atoms with E-state index in [1.807, 2.05) is 0 Å². The molecule has 0 aromatic carbocycles. The highest BCUT2D eigenvalue weighted by molar-refractivity contribution is 9.10. The predicted molar refractivity (Wildman–Crippen MR) is 135 cm³/mol. The van der Waals surface area contributed by atoms with Gasteiger partial charge < -0.3 is 10.2 Å². The molecule has 2 aromatic rings. The van der Waals surface area contributed by atoms with Crippen molar-refractivity contribution in [1.29, 1.82) is 0 Å². The Kier molecular flexibility index (Phi) is 13.8. The number of carboxylic acid groups (broad SMARTS) is 2. The average Bonchev–Trinajstić information content (AvgIpc) is 3.35. The summed E-state index contributed by atoms with van der Waals surface area (Å²) in [6, 6.07) is 1.90. The lowest BCUT2D eigenvalue weighted by atomic mass is 10.2. The Hall–Kier alpha value is -1.63. The van der Waals surface area contributed by atoms with Crippen LogP contribution in [0.5, 0.6) is 0 Å². The molecule has 0 aliphatic carbocycles. The average molecular weight is 665 g/mol. The number of halogens is 2. The Labute approximate surface area is 222 Å². The van der Waals surface area contributed by atoms with E-state index in [0.717, 1.165) is 20.7 Å². The summed E-state index contributed by atoms with van der Waals surface area (Å²) in [6.07, 6.45) is 0. The number of carbonyl (C=O) groups is 2. The van der Waals surface area contributed by atoms with Crippen molar-refractivity contribution in [2.45, 2.75) is 24.3 Å². The number of hydrogen-bond acceptors (Lipinski definition) is 11. The SMILES string of the molecule is CC(SCC(c1cc(Br)cs1)[N+](=O)[O-])C(=O)O.O=C(O)CONC(C[N+](=O)[O-])c1cc(Br)cs1. The van der Waals surface area contributed by atoms with E-state index in [-0.39, 0.29) is 17.2 Å². The number of nitrogens with zero attached hydrogens (tertiary/aromatic N) is 2. The summed E-state index contributed by atoms with van der Waals surface area (Å²) < 4.78 is 1.62. The van der Waals surface area contributed by atoms with Crippen molar-refractivity contribution in [3.05, 3.63) is 61.8 Å². The van der Waals surface area contributed by atoms with Gasteiger partial charge in [0.2, 0.25) is 6.54 Å². The molecule has 2 heterocycles. The van der Waals surface area contributed by atoms with E-state index >= 15 is 0 Å². The van der Waals surface area contributed by atoms with Crippen LogP contribution in [0.15, 0.2) is 31.8 Å². The number of nitro groups is 2. The molecule has 0 radical (unpaired) electrons. The summed E-state index contributed by atoms with van der Waals surface area (Å²) in [5.41, 5.74) is 2.38. The zero-order valence-corrected chi connectivity index (χ0v) is 22.9. The second-order valence-electron chi connectivity index (χ2n) is 6.32. The van der Waals surface area contributed by atoms with Crippen LogP contribution in [0.25, 0.3) is 0 Å². The van der Waals surface area contributed by atoms with Crippen molar-refractivity contribution in [3.63, 3.8) is 0 Å². The minimum Gasteiger partial charge on any atom is -0.480 e. The Morgan fingerprint density at radius 3 is 2.12 bits per heavy atom. The van der Waals surface area contributed by atoms with Crippen molar-refractivity contribution >= 4 is 78.2 Å². The van der Waals surface area contributed by atoms with Gasteiger partial charge in [-0.3, -0.25) is 29.9 Å². The van der Waals surface area contributed by atoms with Crippen LogP contribution < -0.4 is 5.48 Å². The van der Waals surface area contributed by atoms with Gasteiger partial charge in [0.1, 0.15) is 6.04 Å². The molecule has 0 fully saturated rings. The van der Waals surface area contributed by atoms with E-state index in [9.17, 15) is 29.8 Å². The number of carboxylic acids is 2. The predicted octanol–water partition coefficient (Wildman–Crippen LogP) is 4.47. The Bertz CT molecular complexity index is 988. The standard InChI is InChI=1S/C9H10BrNO4S2.C8H9BrN2O5S/c1-5(9(12)13)16-4-7(11(14)15)8-2-6(10)3-17-8;9-5-1-7(17-4-5)6(2-11(14)15)10-16-3-8(12)13/h2-3,5,7H,4H2,1H3,(H,12,13);1,4,6,10H,2-3H2,(H,12,13). The molecule has 3 N–H and O–H groups in total. The molecular weight excluding hydrogens is 646 g/mol. The first kappa shape index (κ1) is 30.4. The lowest BCUT2D eigenvalue weighted by molar-refractivity contribution is -0.522. The van der Waals surface area contributed by atoms with Crippen LogP contribution in [0.2, 0.25) is 0 Å². The molecule has 0 saturated heterocycles. The highest BCUT2D eigenvalue weighted by atomic mass is 79.9. The third-order valence-corrected chi connectivity index (χ3v) is 8.52. The molecule has 17 heteroatoms. The number of hydrogen-bond donors (Lipinski definition) is 3. The first-order chi connectivity index (χ1) is 15.9. The number of thiophene rings is 2. The number of rotatable bonds is 13. The third kappa shape index (κ3) is 11.7. The monoisotopic (exact) mass is 663 g/mol. The van der Waals surface area contributed by atoms with Gasteiger partial charge in [-0.2, -0.15) is 5.48 Å². The molecule has 0 saturated carbocycles. The van der Waals surface area contributed by atoms with Crippen molar-refractivity contribution in [2.75, 3.05) is 18.9 Å².